The number of aliphatic hydroxyl groups is 1. The van der Waals surface area contributed by atoms with Gasteiger partial charge in [0.25, 0.3) is 0 Å². The summed E-state index contributed by atoms with van der Waals surface area (Å²) in [7, 11) is -3.21. The minimum absolute atomic E-state index is 0.169. The Bertz CT molecular complexity index is 411. The molecule has 0 radical (unpaired) electrons. The van der Waals surface area contributed by atoms with Crippen molar-refractivity contribution in [1.82, 2.24) is 0 Å². The maximum atomic E-state index is 11.1. The molecule has 1 aromatic rings. The van der Waals surface area contributed by atoms with Crippen molar-refractivity contribution >= 4 is 15.5 Å². The summed E-state index contributed by atoms with van der Waals surface area (Å²) in [5, 5.41) is 8.78. The number of nitrogen functional groups attached to an aromatic ring is 1. The summed E-state index contributed by atoms with van der Waals surface area (Å²) in [5.74, 6) is 0. The standard InChI is InChI=1S/C8H11NO3S/c1-13(11,12)7-3-2-6(5-10)8(9)4-7/h2-4,10H,5,9H2,1H3. The minimum Gasteiger partial charge on any atom is -0.398 e. The lowest BCUT2D eigenvalue weighted by atomic mass is 10.2. The third-order valence-corrected chi connectivity index (χ3v) is 2.83. The van der Waals surface area contributed by atoms with Gasteiger partial charge in [-0.2, -0.15) is 0 Å². The van der Waals surface area contributed by atoms with Gasteiger partial charge >= 0.3 is 0 Å². The Morgan fingerprint density at radius 3 is 2.46 bits per heavy atom. The maximum absolute atomic E-state index is 11.1. The van der Waals surface area contributed by atoms with Gasteiger partial charge in [-0.1, -0.05) is 6.07 Å². The first-order valence-electron chi connectivity index (χ1n) is 3.64. The van der Waals surface area contributed by atoms with Crippen LogP contribution in [0.1, 0.15) is 5.56 Å². The highest BCUT2D eigenvalue weighted by Crippen LogP contribution is 2.17. The molecule has 0 amide bonds. The van der Waals surface area contributed by atoms with Crippen LogP contribution < -0.4 is 5.73 Å². The molecule has 13 heavy (non-hydrogen) atoms. The van der Waals surface area contributed by atoms with Crippen LogP contribution in [0.5, 0.6) is 0 Å². The summed E-state index contributed by atoms with van der Waals surface area (Å²) in [4.78, 5) is 0.169. The Morgan fingerprint density at radius 2 is 2.08 bits per heavy atom. The summed E-state index contributed by atoms with van der Waals surface area (Å²) < 4.78 is 22.1. The van der Waals surface area contributed by atoms with Gasteiger partial charge in [-0.3, -0.25) is 0 Å². The third-order valence-electron chi connectivity index (χ3n) is 1.72. The van der Waals surface area contributed by atoms with E-state index < -0.39 is 9.84 Å². The summed E-state index contributed by atoms with van der Waals surface area (Å²) in [6, 6.07) is 4.28. The first kappa shape index (κ1) is 10.0. The Labute approximate surface area is 76.9 Å². The van der Waals surface area contributed by atoms with E-state index in [0.29, 0.717) is 11.3 Å². The van der Waals surface area contributed by atoms with Gasteiger partial charge in [-0.25, -0.2) is 8.42 Å². The lowest BCUT2D eigenvalue weighted by Gasteiger charge is -2.04. The number of hydrogen-bond donors (Lipinski definition) is 2. The number of hydrogen-bond acceptors (Lipinski definition) is 4. The van der Waals surface area contributed by atoms with E-state index >= 15 is 0 Å². The Morgan fingerprint density at radius 1 is 1.46 bits per heavy atom. The van der Waals surface area contributed by atoms with Crippen molar-refractivity contribution in [3.05, 3.63) is 23.8 Å². The van der Waals surface area contributed by atoms with E-state index in [9.17, 15) is 8.42 Å². The van der Waals surface area contributed by atoms with Crippen molar-refractivity contribution in [2.24, 2.45) is 0 Å². The molecule has 72 valence electrons. The second-order valence-electron chi connectivity index (χ2n) is 2.79. The highest BCUT2D eigenvalue weighted by Gasteiger charge is 2.08. The number of rotatable bonds is 2. The van der Waals surface area contributed by atoms with Gasteiger partial charge in [0.15, 0.2) is 9.84 Å². The van der Waals surface area contributed by atoms with Crippen molar-refractivity contribution in [2.75, 3.05) is 12.0 Å². The van der Waals surface area contributed by atoms with Crippen LogP contribution in [0, 0.1) is 0 Å². The van der Waals surface area contributed by atoms with Gasteiger partial charge in [0.05, 0.1) is 11.5 Å². The fraction of sp³-hybridized carbons (Fsp3) is 0.250. The first-order chi connectivity index (χ1) is 5.95. The molecule has 1 rings (SSSR count). The van der Waals surface area contributed by atoms with Gasteiger partial charge in [0.2, 0.25) is 0 Å². The fourth-order valence-electron chi connectivity index (χ4n) is 0.948. The molecule has 0 heterocycles. The maximum Gasteiger partial charge on any atom is 0.175 e. The molecule has 1 aromatic carbocycles. The largest absolute Gasteiger partial charge is 0.398 e. The van der Waals surface area contributed by atoms with Crippen LogP contribution in [-0.2, 0) is 16.4 Å². The highest BCUT2D eigenvalue weighted by molar-refractivity contribution is 7.90. The van der Waals surface area contributed by atoms with Gasteiger partial charge in [0.1, 0.15) is 0 Å². The molecule has 0 bridgehead atoms. The summed E-state index contributed by atoms with van der Waals surface area (Å²) in [5.41, 5.74) is 6.34. The predicted octanol–water partition coefficient (Wildman–Crippen LogP) is 0.165. The van der Waals surface area contributed by atoms with Crippen LogP contribution >= 0.6 is 0 Å². The smallest absolute Gasteiger partial charge is 0.175 e. The van der Waals surface area contributed by atoms with Gasteiger partial charge < -0.3 is 10.8 Å². The van der Waals surface area contributed by atoms with Crippen LogP contribution in [0.2, 0.25) is 0 Å². The predicted molar refractivity (Wildman–Crippen MR) is 49.9 cm³/mol. The lowest BCUT2D eigenvalue weighted by Crippen LogP contribution is -2.01. The molecule has 0 aliphatic carbocycles. The van der Waals surface area contributed by atoms with E-state index in [-0.39, 0.29) is 11.5 Å². The number of sulfone groups is 1. The lowest BCUT2D eigenvalue weighted by molar-refractivity contribution is 0.282. The number of benzene rings is 1. The van der Waals surface area contributed by atoms with Gasteiger partial charge in [-0.15, -0.1) is 0 Å². The quantitative estimate of drug-likeness (QED) is 0.668. The van der Waals surface area contributed by atoms with Crippen LogP contribution in [0.4, 0.5) is 5.69 Å². The average Bonchev–Trinajstić information content (AvgIpc) is 2.02. The third kappa shape index (κ3) is 2.19. The van der Waals surface area contributed by atoms with Crippen LogP contribution in [0.3, 0.4) is 0 Å². The topological polar surface area (TPSA) is 80.4 Å². The molecular formula is C8H11NO3S. The summed E-state index contributed by atoms with van der Waals surface area (Å²) >= 11 is 0. The number of nitrogens with two attached hydrogens (primary N) is 1. The molecule has 0 aromatic heterocycles. The number of anilines is 1. The van der Waals surface area contributed by atoms with Gasteiger partial charge in [-0.05, 0) is 12.1 Å². The summed E-state index contributed by atoms with van der Waals surface area (Å²) in [6.45, 7) is -0.185. The number of aliphatic hydroxyl groups excluding tert-OH is 1. The highest BCUT2D eigenvalue weighted by atomic mass is 32.2. The van der Waals surface area contributed by atoms with E-state index in [2.05, 4.69) is 0 Å². The SMILES string of the molecule is CS(=O)(=O)c1ccc(CO)c(N)c1. The molecular weight excluding hydrogens is 190 g/mol. The zero-order valence-electron chi connectivity index (χ0n) is 7.19. The zero-order chi connectivity index (χ0) is 10.1. The molecule has 0 atom stereocenters. The van der Waals surface area contributed by atoms with E-state index in [4.69, 9.17) is 10.8 Å². The molecule has 0 fully saturated rings. The molecule has 0 saturated carbocycles. The average molecular weight is 201 g/mol. The van der Waals surface area contributed by atoms with Crippen molar-refractivity contribution < 1.29 is 13.5 Å². The molecule has 0 aliphatic heterocycles. The monoisotopic (exact) mass is 201 g/mol. The van der Waals surface area contributed by atoms with Crippen LogP contribution in [-0.4, -0.2) is 19.8 Å². The molecule has 0 unspecified atom stereocenters. The zero-order valence-corrected chi connectivity index (χ0v) is 8.00. The second-order valence-corrected chi connectivity index (χ2v) is 4.81. The normalized spacial score (nSPS) is 11.5. The van der Waals surface area contributed by atoms with Gasteiger partial charge in [0, 0.05) is 17.5 Å². The van der Waals surface area contributed by atoms with E-state index in [1.54, 1.807) is 0 Å². The van der Waals surface area contributed by atoms with Crippen molar-refractivity contribution in [2.45, 2.75) is 11.5 Å². The second kappa shape index (κ2) is 3.35. The van der Waals surface area contributed by atoms with E-state index in [1.165, 1.54) is 18.2 Å². The molecule has 4 nitrogen and oxygen atoms in total. The molecule has 5 heteroatoms. The van der Waals surface area contributed by atoms with Crippen molar-refractivity contribution in [3.63, 3.8) is 0 Å². The van der Waals surface area contributed by atoms with Crippen LogP contribution in [0.25, 0.3) is 0 Å². The molecule has 0 saturated heterocycles. The fourth-order valence-corrected chi connectivity index (χ4v) is 1.60. The first-order valence-corrected chi connectivity index (χ1v) is 5.53. The van der Waals surface area contributed by atoms with Crippen molar-refractivity contribution in [3.8, 4) is 0 Å². The Hall–Kier alpha value is -1.07. The Kier molecular flexibility index (Phi) is 2.58. The van der Waals surface area contributed by atoms with E-state index in [1.807, 2.05) is 0 Å². The molecule has 0 spiro atoms. The van der Waals surface area contributed by atoms with Crippen molar-refractivity contribution in [1.29, 1.82) is 0 Å². The van der Waals surface area contributed by atoms with E-state index in [0.717, 1.165) is 6.26 Å². The Balaban J connectivity index is 3.26. The molecule has 0 aliphatic rings. The summed E-state index contributed by atoms with van der Waals surface area (Å²) in [6.07, 6.45) is 1.11. The molecule has 3 N–H and O–H groups in total. The minimum atomic E-state index is -3.21. The van der Waals surface area contributed by atoms with Crippen LogP contribution in [0.15, 0.2) is 23.1 Å².